The summed E-state index contributed by atoms with van der Waals surface area (Å²) in [5.74, 6) is 0.907. The molecule has 0 saturated heterocycles. The average Bonchev–Trinajstić information content (AvgIpc) is 2.57. The molecule has 150 valence electrons. The Kier molecular flexibility index (Phi) is 12.9. The van der Waals surface area contributed by atoms with Gasteiger partial charge in [0, 0.05) is 0 Å². The van der Waals surface area contributed by atoms with E-state index < -0.39 is 5.67 Å². The standard InChI is InChI=1S/C24H47F/c1-4-5-6-7-8-9-10-11-12-13-14-15-16-17-20-23-22(2)19-18-21-24(23,3)25/h22-23H,4-21H2,1-3H3. The molecule has 0 heterocycles. The first-order valence-corrected chi connectivity index (χ1v) is 11.8. The molecule has 1 saturated carbocycles. The highest BCUT2D eigenvalue weighted by atomic mass is 19.1. The monoisotopic (exact) mass is 354 g/mol. The molecule has 0 radical (unpaired) electrons. The fraction of sp³-hybridized carbons (Fsp3) is 1.00. The molecule has 3 atom stereocenters. The van der Waals surface area contributed by atoms with Gasteiger partial charge in [-0.05, 0) is 38.0 Å². The molecule has 1 aliphatic rings. The molecule has 0 aromatic rings. The lowest BCUT2D eigenvalue weighted by atomic mass is 9.69. The van der Waals surface area contributed by atoms with Gasteiger partial charge in [-0.25, -0.2) is 4.39 Å². The van der Waals surface area contributed by atoms with Crippen LogP contribution >= 0.6 is 0 Å². The SMILES string of the molecule is CCCCCCCCCCCCCCCCC1C(C)CCCC1(C)F. The van der Waals surface area contributed by atoms with Crippen molar-refractivity contribution < 1.29 is 4.39 Å². The molecule has 3 unspecified atom stereocenters. The third-order valence-electron chi connectivity index (χ3n) is 6.65. The van der Waals surface area contributed by atoms with E-state index in [1.165, 1.54) is 96.3 Å². The van der Waals surface area contributed by atoms with Crippen molar-refractivity contribution in [2.45, 2.75) is 142 Å². The van der Waals surface area contributed by atoms with Gasteiger partial charge < -0.3 is 0 Å². The third-order valence-corrected chi connectivity index (χ3v) is 6.65. The maximum Gasteiger partial charge on any atom is 0.111 e. The molecule has 0 aliphatic heterocycles. The van der Waals surface area contributed by atoms with Crippen LogP contribution < -0.4 is 0 Å². The van der Waals surface area contributed by atoms with Crippen molar-refractivity contribution in [2.75, 3.05) is 0 Å². The molecule has 0 N–H and O–H groups in total. The highest BCUT2D eigenvalue weighted by Crippen LogP contribution is 2.43. The van der Waals surface area contributed by atoms with Gasteiger partial charge in [0.15, 0.2) is 0 Å². The molecule has 1 fully saturated rings. The summed E-state index contributed by atoms with van der Waals surface area (Å²) in [4.78, 5) is 0. The zero-order valence-electron chi connectivity index (χ0n) is 17.8. The lowest BCUT2D eigenvalue weighted by Crippen LogP contribution is -2.38. The zero-order valence-corrected chi connectivity index (χ0v) is 17.8. The van der Waals surface area contributed by atoms with E-state index in [4.69, 9.17) is 0 Å². The zero-order chi connectivity index (χ0) is 18.4. The number of hydrogen-bond donors (Lipinski definition) is 0. The lowest BCUT2D eigenvalue weighted by molar-refractivity contribution is 0.0152. The van der Waals surface area contributed by atoms with Crippen LogP contribution in [0, 0.1) is 11.8 Å². The summed E-state index contributed by atoms with van der Waals surface area (Å²) in [7, 11) is 0. The van der Waals surface area contributed by atoms with Crippen LogP contribution in [0.25, 0.3) is 0 Å². The van der Waals surface area contributed by atoms with E-state index in [1.54, 1.807) is 0 Å². The topological polar surface area (TPSA) is 0 Å². The Morgan fingerprint density at radius 2 is 1.20 bits per heavy atom. The number of rotatable bonds is 15. The van der Waals surface area contributed by atoms with Crippen LogP contribution in [-0.4, -0.2) is 5.67 Å². The van der Waals surface area contributed by atoms with Gasteiger partial charge >= 0.3 is 0 Å². The van der Waals surface area contributed by atoms with Crippen molar-refractivity contribution in [1.82, 2.24) is 0 Å². The van der Waals surface area contributed by atoms with Crippen LogP contribution in [0.15, 0.2) is 0 Å². The quantitative estimate of drug-likeness (QED) is 0.257. The molecule has 1 aliphatic carbocycles. The van der Waals surface area contributed by atoms with Gasteiger partial charge in [0.1, 0.15) is 5.67 Å². The van der Waals surface area contributed by atoms with Crippen LogP contribution in [-0.2, 0) is 0 Å². The maximum atomic E-state index is 14.7. The summed E-state index contributed by atoms with van der Waals surface area (Å²) < 4.78 is 14.7. The Balaban J connectivity index is 1.86. The van der Waals surface area contributed by atoms with E-state index in [9.17, 15) is 4.39 Å². The largest absolute Gasteiger partial charge is 0.244 e. The van der Waals surface area contributed by atoms with Gasteiger partial charge in [-0.3, -0.25) is 0 Å². The Bertz CT molecular complexity index is 296. The smallest absolute Gasteiger partial charge is 0.111 e. The van der Waals surface area contributed by atoms with Crippen molar-refractivity contribution in [3.05, 3.63) is 0 Å². The summed E-state index contributed by atoms with van der Waals surface area (Å²) in [6, 6.07) is 0. The molecule has 1 rings (SSSR count). The van der Waals surface area contributed by atoms with Gasteiger partial charge in [0.05, 0.1) is 0 Å². The van der Waals surface area contributed by atoms with E-state index in [1.807, 2.05) is 6.92 Å². The van der Waals surface area contributed by atoms with E-state index in [-0.39, 0.29) is 0 Å². The van der Waals surface area contributed by atoms with E-state index in [2.05, 4.69) is 13.8 Å². The minimum atomic E-state index is -0.895. The summed E-state index contributed by atoms with van der Waals surface area (Å²) in [5.41, 5.74) is -0.895. The van der Waals surface area contributed by atoms with E-state index in [0.717, 1.165) is 19.3 Å². The summed E-state index contributed by atoms with van der Waals surface area (Å²) in [5, 5.41) is 0. The predicted molar refractivity (Wildman–Crippen MR) is 111 cm³/mol. The number of alkyl halides is 1. The lowest BCUT2D eigenvalue weighted by Gasteiger charge is -2.39. The Labute approximate surface area is 158 Å². The van der Waals surface area contributed by atoms with Crippen molar-refractivity contribution >= 4 is 0 Å². The van der Waals surface area contributed by atoms with E-state index in [0.29, 0.717) is 11.8 Å². The van der Waals surface area contributed by atoms with Crippen LogP contribution in [0.3, 0.4) is 0 Å². The van der Waals surface area contributed by atoms with Crippen molar-refractivity contribution in [3.8, 4) is 0 Å². The normalized spacial score (nSPS) is 26.9. The van der Waals surface area contributed by atoms with Gasteiger partial charge in [0.2, 0.25) is 0 Å². The average molecular weight is 355 g/mol. The molecule has 0 bridgehead atoms. The number of halogens is 1. The Morgan fingerprint density at radius 3 is 1.64 bits per heavy atom. The summed E-state index contributed by atoms with van der Waals surface area (Å²) >= 11 is 0. The van der Waals surface area contributed by atoms with Crippen LogP contribution in [0.1, 0.15) is 136 Å². The van der Waals surface area contributed by atoms with Gasteiger partial charge in [0.25, 0.3) is 0 Å². The first-order valence-electron chi connectivity index (χ1n) is 11.8. The molecular weight excluding hydrogens is 307 g/mol. The number of hydrogen-bond acceptors (Lipinski definition) is 0. The molecule has 0 amide bonds. The van der Waals surface area contributed by atoms with Crippen molar-refractivity contribution in [1.29, 1.82) is 0 Å². The molecule has 25 heavy (non-hydrogen) atoms. The predicted octanol–water partition coefficient (Wildman–Crippen LogP) is 9.02. The van der Waals surface area contributed by atoms with E-state index >= 15 is 0 Å². The molecule has 1 heteroatoms. The summed E-state index contributed by atoms with van der Waals surface area (Å²) in [6.45, 7) is 6.41. The van der Waals surface area contributed by atoms with Crippen LogP contribution in [0.4, 0.5) is 4.39 Å². The Hall–Kier alpha value is -0.0700. The van der Waals surface area contributed by atoms with Crippen LogP contribution in [0.2, 0.25) is 0 Å². The highest BCUT2D eigenvalue weighted by Gasteiger charge is 2.39. The first-order chi connectivity index (χ1) is 12.1. The fourth-order valence-corrected chi connectivity index (χ4v) is 4.89. The summed E-state index contributed by atoms with van der Waals surface area (Å²) in [6.07, 6.45) is 23.8. The minimum Gasteiger partial charge on any atom is -0.244 e. The molecule has 0 nitrogen and oxygen atoms in total. The minimum absolute atomic E-state index is 0.318. The van der Waals surface area contributed by atoms with Crippen LogP contribution in [0.5, 0.6) is 0 Å². The Morgan fingerprint density at radius 1 is 0.760 bits per heavy atom. The molecule has 0 aromatic heterocycles. The second-order valence-electron chi connectivity index (χ2n) is 9.14. The fourth-order valence-electron chi connectivity index (χ4n) is 4.89. The van der Waals surface area contributed by atoms with Gasteiger partial charge in [-0.1, -0.05) is 110 Å². The molecule has 0 aromatic carbocycles. The molecular formula is C24H47F. The number of unbranched alkanes of at least 4 members (excludes halogenated alkanes) is 13. The van der Waals surface area contributed by atoms with Crippen molar-refractivity contribution in [2.24, 2.45) is 11.8 Å². The maximum absolute atomic E-state index is 14.7. The highest BCUT2D eigenvalue weighted by molar-refractivity contribution is 4.89. The first kappa shape index (κ1) is 23.0. The second kappa shape index (κ2) is 14.0. The van der Waals surface area contributed by atoms with Gasteiger partial charge in [-0.2, -0.15) is 0 Å². The second-order valence-corrected chi connectivity index (χ2v) is 9.14. The van der Waals surface area contributed by atoms with Crippen molar-refractivity contribution in [3.63, 3.8) is 0 Å². The van der Waals surface area contributed by atoms with Gasteiger partial charge in [-0.15, -0.1) is 0 Å². The molecule has 0 spiro atoms. The third kappa shape index (κ3) is 10.6.